The summed E-state index contributed by atoms with van der Waals surface area (Å²) in [5.41, 5.74) is 0.662. The fourth-order valence-electron chi connectivity index (χ4n) is 1.72. The minimum atomic E-state index is -3.67. The fourth-order valence-corrected chi connectivity index (χ4v) is 1.92. The van der Waals surface area contributed by atoms with E-state index in [1.54, 1.807) is 37.4 Å². The molecule has 7 heteroatoms. The maximum absolute atomic E-state index is 13.0. The van der Waals surface area contributed by atoms with Crippen molar-refractivity contribution in [3.8, 4) is 6.07 Å². The van der Waals surface area contributed by atoms with E-state index < -0.39 is 16.2 Å². The van der Waals surface area contributed by atoms with Gasteiger partial charge in [0.2, 0.25) is 0 Å². The van der Waals surface area contributed by atoms with Crippen molar-refractivity contribution in [3.05, 3.63) is 35.8 Å². The second-order valence-electron chi connectivity index (χ2n) is 3.82. The van der Waals surface area contributed by atoms with E-state index in [4.69, 9.17) is 5.26 Å². The van der Waals surface area contributed by atoms with E-state index in [9.17, 15) is 13.9 Å². The summed E-state index contributed by atoms with van der Waals surface area (Å²) in [7, 11) is 1.58. The van der Waals surface area contributed by atoms with Crippen LogP contribution in [-0.4, -0.2) is 19.5 Å². The Balaban J connectivity index is 2.74. The second-order valence-corrected chi connectivity index (χ2v) is 4.81. The van der Waals surface area contributed by atoms with E-state index in [0.29, 0.717) is 11.0 Å². The lowest BCUT2D eigenvalue weighted by Crippen LogP contribution is -2.12. The largest absolute Gasteiger partial charge is 0.505 e. The Morgan fingerprint density at radius 2 is 2.11 bits per heavy atom. The molecule has 0 saturated carbocycles. The summed E-state index contributed by atoms with van der Waals surface area (Å²) in [5, 5.41) is 18.4. The molecule has 0 bridgehead atoms. The molecule has 2 aromatic rings. The molecule has 19 heavy (non-hydrogen) atoms. The highest BCUT2D eigenvalue weighted by Gasteiger charge is 2.35. The van der Waals surface area contributed by atoms with Crippen LogP contribution in [0.25, 0.3) is 16.6 Å². The number of halogens is 3. The molecule has 98 valence electrons. The molecule has 0 saturated heterocycles. The van der Waals surface area contributed by atoms with Gasteiger partial charge in [-0.2, -0.15) is 14.0 Å². The van der Waals surface area contributed by atoms with E-state index in [1.807, 2.05) is 15.9 Å². The zero-order chi connectivity index (χ0) is 14.2. The highest BCUT2D eigenvalue weighted by atomic mass is 79.9. The molecule has 0 amide bonds. The van der Waals surface area contributed by atoms with Gasteiger partial charge in [-0.1, -0.05) is 12.1 Å². The zero-order valence-corrected chi connectivity index (χ0v) is 11.3. The number of fused-ring (bicyclic) bond motifs is 1. The average Bonchev–Trinajstić information content (AvgIpc) is 2.68. The monoisotopic (exact) mass is 327 g/mol. The highest BCUT2D eigenvalue weighted by Crippen LogP contribution is 2.34. The first kappa shape index (κ1) is 13.5. The summed E-state index contributed by atoms with van der Waals surface area (Å²) >= 11 is 2.02. The Kier molecular flexibility index (Phi) is 3.28. The quantitative estimate of drug-likeness (QED) is 0.522. The van der Waals surface area contributed by atoms with Crippen molar-refractivity contribution in [3.63, 3.8) is 0 Å². The first-order valence-corrected chi connectivity index (χ1v) is 5.98. The molecule has 0 fully saturated rings. The number of nitriles is 1. The number of alkyl halides is 3. The lowest BCUT2D eigenvalue weighted by molar-refractivity contribution is 0.102. The van der Waals surface area contributed by atoms with Gasteiger partial charge in [-0.25, -0.2) is 4.98 Å². The minimum Gasteiger partial charge on any atom is -0.505 e. The van der Waals surface area contributed by atoms with Crippen LogP contribution in [0.2, 0.25) is 0 Å². The average molecular weight is 328 g/mol. The van der Waals surface area contributed by atoms with Crippen LogP contribution in [0.5, 0.6) is 0 Å². The zero-order valence-electron chi connectivity index (χ0n) is 9.73. The second kappa shape index (κ2) is 4.63. The highest BCUT2D eigenvalue weighted by molar-refractivity contribution is 9.10. The standard InChI is InChI=1S/C12H8BrF2N3O/c1-18-9-5-3-2-4-8(9)17-11(18)7(6-16)10(19)12(13,14)15/h2-5,19H,1H3/b10-7-. The molecule has 1 N–H and O–H groups in total. The summed E-state index contributed by atoms with van der Waals surface area (Å²) in [6, 6.07) is 8.50. The maximum atomic E-state index is 13.0. The number of allylic oxidation sites excluding steroid dienone is 2. The molecule has 1 aromatic carbocycles. The van der Waals surface area contributed by atoms with Crippen LogP contribution in [0, 0.1) is 11.3 Å². The van der Waals surface area contributed by atoms with Crippen molar-refractivity contribution in [1.29, 1.82) is 5.26 Å². The van der Waals surface area contributed by atoms with Crippen molar-refractivity contribution in [1.82, 2.24) is 9.55 Å². The van der Waals surface area contributed by atoms with E-state index >= 15 is 0 Å². The summed E-state index contributed by atoms with van der Waals surface area (Å²) in [4.78, 5) is 0.416. The van der Waals surface area contributed by atoms with Crippen molar-refractivity contribution >= 4 is 32.5 Å². The lowest BCUT2D eigenvalue weighted by atomic mass is 10.2. The van der Waals surface area contributed by atoms with Gasteiger partial charge in [0.1, 0.15) is 11.6 Å². The van der Waals surface area contributed by atoms with Crippen LogP contribution < -0.4 is 0 Å². The Labute approximate surface area is 115 Å². The Morgan fingerprint density at radius 1 is 1.47 bits per heavy atom. The molecule has 1 heterocycles. The van der Waals surface area contributed by atoms with Crippen LogP contribution in [0.1, 0.15) is 5.82 Å². The summed E-state index contributed by atoms with van der Waals surface area (Å²) in [6.45, 7) is 0. The smallest absolute Gasteiger partial charge is 0.358 e. The van der Waals surface area contributed by atoms with Crippen molar-refractivity contribution in [2.45, 2.75) is 4.83 Å². The summed E-state index contributed by atoms with van der Waals surface area (Å²) in [5.74, 6) is -1.37. The van der Waals surface area contributed by atoms with Gasteiger partial charge in [0.15, 0.2) is 11.6 Å². The van der Waals surface area contributed by atoms with Gasteiger partial charge in [-0.15, -0.1) is 0 Å². The third-order valence-electron chi connectivity index (χ3n) is 2.63. The van der Waals surface area contributed by atoms with Gasteiger partial charge < -0.3 is 9.67 Å². The number of aliphatic hydroxyl groups excluding tert-OH is 1. The predicted molar refractivity (Wildman–Crippen MR) is 69.7 cm³/mol. The number of hydrogen-bond donors (Lipinski definition) is 1. The molecule has 0 radical (unpaired) electrons. The van der Waals surface area contributed by atoms with Gasteiger partial charge in [0, 0.05) is 7.05 Å². The van der Waals surface area contributed by atoms with Crippen LogP contribution in [-0.2, 0) is 7.05 Å². The number of benzene rings is 1. The number of rotatable bonds is 2. The molecular weight excluding hydrogens is 320 g/mol. The van der Waals surface area contributed by atoms with Crippen molar-refractivity contribution < 1.29 is 13.9 Å². The van der Waals surface area contributed by atoms with E-state index in [2.05, 4.69) is 4.98 Å². The minimum absolute atomic E-state index is 0.0136. The number of para-hydroxylation sites is 2. The lowest BCUT2D eigenvalue weighted by Gasteiger charge is -2.09. The fraction of sp³-hybridized carbons (Fsp3) is 0.167. The molecule has 0 aliphatic heterocycles. The van der Waals surface area contributed by atoms with Crippen LogP contribution >= 0.6 is 15.9 Å². The molecule has 0 spiro atoms. The van der Waals surface area contributed by atoms with E-state index in [1.165, 1.54) is 4.57 Å². The van der Waals surface area contributed by atoms with Gasteiger partial charge in [0.05, 0.1) is 11.0 Å². The molecule has 4 nitrogen and oxygen atoms in total. The summed E-state index contributed by atoms with van der Waals surface area (Å²) in [6.07, 6.45) is 0. The third-order valence-corrected chi connectivity index (χ3v) is 3.00. The van der Waals surface area contributed by atoms with Gasteiger partial charge in [0.25, 0.3) is 0 Å². The molecule has 0 aliphatic rings. The Morgan fingerprint density at radius 3 is 2.63 bits per heavy atom. The van der Waals surface area contributed by atoms with Crippen molar-refractivity contribution in [2.75, 3.05) is 0 Å². The first-order valence-electron chi connectivity index (χ1n) is 5.18. The van der Waals surface area contributed by atoms with Crippen molar-refractivity contribution in [2.24, 2.45) is 7.05 Å². The molecule has 0 aliphatic carbocycles. The molecular formula is C12H8BrF2N3O. The normalized spacial score (nSPS) is 13.2. The molecule has 0 unspecified atom stereocenters. The number of aryl methyl sites for hydroxylation is 1. The van der Waals surface area contributed by atoms with Crippen LogP contribution in [0.15, 0.2) is 30.0 Å². The predicted octanol–water partition coefficient (Wildman–Crippen LogP) is 3.35. The maximum Gasteiger partial charge on any atom is 0.358 e. The number of hydrogen-bond acceptors (Lipinski definition) is 3. The number of imidazole rings is 1. The van der Waals surface area contributed by atoms with Gasteiger partial charge >= 0.3 is 4.83 Å². The van der Waals surface area contributed by atoms with Gasteiger partial charge in [-0.05, 0) is 28.1 Å². The molecule has 1 aromatic heterocycles. The third kappa shape index (κ3) is 2.31. The number of aromatic nitrogens is 2. The number of aliphatic hydroxyl groups is 1. The Hall–Kier alpha value is -1.94. The number of nitrogens with zero attached hydrogens (tertiary/aromatic N) is 3. The van der Waals surface area contributed by atoms with E-state index in [-0.39, 0.29) is 5.82 Å². The summed E-state index contributed by atoms with van der Waals surface area (Å²) < 4.78 is 27.6. The van der Waals surface area contributed by atoms with Crippen LogP contribution in [0.4, 0.5) is 8.78 Å². The van der Waals surface area contributed by atoms with Gasteiger partial charge in [-0.3, -0.25) is 0 Å². The Bertz CT molecular complexity index is 710. The topological polar surface area (TPSA) is 61.8 Å². The van der Waals surface area contributed by atoms with E-state index in [0.717, 1.165) is 0 Å². The first-order chi connectivity index (χ1) is 8.86. The van der Waals surface area contributed by atoms with Crippen LogP contribution in [0.3, 0.4) is 0 Å². The molecule has 2 rings (SSSR count). The molecule has 0 atom stereocenters. The SMILES string of the molecule is Cn1c(/C(C#N)=C(\O)C(F)(F)Br)nc2ccccc21.